The fourth-order valence-electron chi connectivity index (χ4n) is 1.43. The Morgan fingerprint density at radius 2 is 2.08 bits per heavy atom. The molecule has 0 aromatic heterocycles. The number of halogens is 3. The first-order valence-electron chi connectivity index (χ1n) is 4.32. The lowest BCUT2D eigenvalue weighted by molar-refractivity contribution is -0.143. The van der Waals surface area contributed by atoms with Crippen LogP contribution in [0.15, 0.2) is 0 Å². The molecule has 1 rings (SSSR count). The van der Waals surface area contributed by atoms with Crippen molar-refractivity contribution in [1.29, 1.82) is 0 Å². The average molecular weight is 195 g/mol. The molecule has 1 unspecified atom stereocenters. The van der Waals surface area contributed by atoms with Gasteiger partial charge in [0.2, 0.25) is 0 Å². The Balaban J connectivity index is 2.52. The van der Waals surface area contributed by atoms with Crippen LogP contribution in [-0.2, 0) is 4.79 Å². The van der Waals surface area contributed by atoms with Gasteiger partial charge in [-0.15, -0.1) is 0 Å². The Morgan fingerprint density at radius 1 is 1.38 bits per heavy atom. The van der Waals surface area contributed by atoms with Crippen molar-refractivity contribution >= 4 is 5.91 Å². The zero-order valence-corrected chi connectivity index (χ0v) is 7.18. The Kier molecular flexibility index (Phi) is 3.57. The SMILES string of the molecule is O=C(C(F)F)N1CCCCC(F)C1. The molecular formula is C8H12F3NO. The number of nitrogens with zero attached hydrogens (tertiary/aromatic N) is 1. The van der Waals surface area contributed by atoms with Crippen molar-refractivity contribution in [2.24, 2.45) is 0 Å². The Bertz CT molecular complexity index is 186. The number of carbonyl (C=O) groups excluding carboxylic acids is 1. The fraction of sp³-hybridized carbons (Fsp3) is 0.875. The van der Waals surface area contributed by atoms with Gasteiger partial charge in [0, 0.05) is 6.54 Å². The van der Waals surface area contributed by atoms with Gasteiger partial charge < -0.3 is 4.90 Å². The fourth-order valence-corrected chi connectivity index (χ4v) is 1.43. The Hall–Kier alpha value is -0.740. The van der Waals surface area contributed by atoms with Crippen LogP contribution in [0.25, 0.3) is 0 Å². The van der Waals surface area contributed by atoms with E-state index in [-0.39, 0.29) is 13.1 Å². The van der Waals surface area contributed by atoms with Crippen LogP contribution in [-0.4, -0.2) is 36.5 Å². The Labute approximate surface area is 74.7 Å². The van der Waals surface area contributed by atoms with Crippen LogP contribution in [0.2, 0.25) is 0 Å². The number of likely N-dealkylation sites (tertiary alicyclic amines) is 1. The maximum absolute atomic E-state index is 12.9. The van der Waals surface area contributed by atoms with Crippen molar-refractivity contribution in [3.8, 4) is 0 Å². The van der Waals surface area contributed by atoms with E-state index in [1.807, 2.05) is 0 Å². The van der Waals surface area contributed by atoms with Crippen molar-refractivity contribution in [1.82, 2.24) is 4.90 Å². The molecule has 5 heteroatoms. The summed E-state index contributed by atoms with van der Waals surface area (Å²) in [6.45, 7) is 0.0762. The summed E-state index contributed by atoms with van der Waals surface area (Å²) >= 11 is 0. The van der Waals surface area contributed by atoms with Gasteiger partial charge in [0.15, 0.2) is 0 Å². The molecule has 1 heterocycles. The van der Waals surface area contributed by atoms with E-state index in [1.54, 1.807) is 0 Å². The molecule has 1 fully saturated rings. The van der Waals surface area contributed by atoms with E-state index in [1.165, 1.54) is 0 Å². The first-order chi connectivity index (χ1) is 6.11. The monoisotopic (exact) mass is 195 g/mol. The lowest BCUT2D eigenvalue weighted by atomic mass is 10.2. The maximum atomic E-state index is 12.9. The first-order valence-corrected chi connectivity index (χ1v) is 4.32. The van der Waals surface area contributed by atoms with Crippen molar-refractivity contribution < 1.29 is 18.0 Å². The van der Waals surface area contributed by atoms with E-state index in [0.717, 1.165) is 4.90 Å². The van der Waals surface area contributed by atoms with Crippen LogP contribution in [0.3, 0.4) is 0 Å². The van der Waals surface area contributed by atoms with Crippen LogP contribution in [0, 0.1) is 0 Å². The van der Waals surface area contributed by atoms with Crippen LogP contribution in [0.1, 0.15) is 19.3 Å². The molecule has 0 N–H and O–H groups in total. The lowest BCUT2D eigenvalue weighted by Crippen LogP contribution is -2.38. The predicted octanol–water partition coefficient (Wildman–Crippen LogP) is 1.60. The topological polar surface area (TPSA) is 20.3 Å². The summed E-state index contributed by atoms with van der Waals surface area (Å²) in [6.07, 6.45) is -2.52. The highest BCUT2D eigenvalue weighted by atomic mass is 19.3. The van der Waals surface area contributed by atoms with Gasteiger partial charge in [-0.05, 0) is 19.3 Å². The highest BCUT2D eigenvalue weighted by Crippen LogP contribution is 2.14. The molecule has 76 valence electrons. The molecule has 13 heavy (non-hydrogen) atoms. The number of hydrogen-bond acceptors (Lipinski definition) is 1. The minimum absolute atomic E-state index is 0.177. The van der Waals surface area contributed by atoms with Crippen LogP contribution in [0.4, 0.5) is 13.2 Å². The van der Waals surface area contributed by atoms with E-state index < -0.39 is 18.5 Å². The maximum Gasteiger partial charge on any atom is 0.315 e. The molecule has 0 saturated carbocycles. The Morgan fingerprint density at radius 3 is 2.69 bits per heavy atom. The molecular weight excluding hydrogens is 183 g/mol. The summed E-state index contributed by atoms with van der Waals surface area (Å²) in [6, 6.07) is 0. The standard InChI is InChI=1S/C8H12F3NO/c9-6-3-1-2-4-12(5-6)8(13)7(10)11/h6-7H,1-5H2. The molecule has 1 saturated heterocycles. The third-order valence-corrected chi connectivity index (χ3v) is 2.11. The summed E-state index contributed by atoms with van der Waals surface area (Å²) < 4.78 is 36.8. The minimum Gasteiger partial charge on any atom is -0.335 e. The quantitative estimate of drug-likeness (QED) is 0.622. The zero-order valence-electron chi connectivity index (χ0n) is 7.18. The van der Waals surface area contributed by atoms with E-state index in [0.29, 0.717) is 19.3 Å². The van der Waals surface area contributed by atoms with Crippen LogP contribution in [0.5, 0.6) is 0 Å². The number of amides is 1. The molecule has 1 amide bonds. The van der Waals surface area contributed by atoms with Crippen molar-refractivity contribution in [3.63, 3.8) is 0 Å². The number of rotatable bonds is 1. The average Bonchev–Trinajstić information content (AvgIpc) is 2.28. The number of carbonyl (C=O) groups is 1. The lowest BCUT2D eigenvalue weighted by Gasteiger charge is -2.20. The molecule has 0 spiro atoms. The summed E-state index contributed by atoms with van der Waals surface area (Å²) in [7, 11) is 0. The largest absolute Gasteiger partial charge is 0.335 e. The van der Waals surface area contributed by atoms with Gasteiger partial charge in [-0.2, -0.15) is 8.78 Å². The summed E-state index contributed by atoms with van der Waals surface area (Å²) in [5.41, 5.74) is 0. The van der Waals surface area contributed by atoms with E-state index in [4.69, 9.17) is 0 Å². The molecule has 2 nitrogen and oxygen atoms in total. The van der Waals surface area contributed by atoms with Crippen molar-refractivity contribution in [2.75, 3.05) is 13.1 Å². The molecule has 1 aliphatic rings. The first kappa shape index (κ1) is 10.3. The molecule has 0 aromatic rings. The smallest absolute Gasteiger partial charge is 0.315 e. The third kappa shape index (κ3) is 2.90. The molecule has 0 bridgehead atoms. The van der Waals surface area contributed by atoms with E-state index >= 15 is 0 Å². The van der Waals surface area contributed by atoms with Crippen LogP contribution < -0.4 is 0 Å². The highest BCUT2D eigenvalue weighted by molar-refractivity contribution is 5.79. The molecule has 0 radical (unpaired) electrons. The van der Waals surface area contributed by atoms with Gasteiger partial charge in [-0.25, -0.2) is 4.39 Å². The predicted molar refractivity (Wildman–Crippen MR) is 41.3 cm³/mol. The summed E-state index contributed by atoms with van der Waals surface area (Å²) in [5, 5.41) is 0. The summed E-state index contributed by atoms with van der Waals surface area (Å²) in [5.74, 6) is -1.25. The van der Waals surface area contributed by atoms with E-state index in [9.17, 15) is 18.0 Å². The second-order valence-corrected chi connectivity index (χ2v) is 3.18. The normalized spacial score (nSPS) is 24.6. The summed E-state index contributed by atoms with van der Waals surface area (Å²) in [4.78, 5) is 11.7. The highest BCUT2D eigenvalue weighted by Gasteiger charge is 2.26. The number of hydrogen-bond donors (Lipinski definition) is 0. The molecule has 1 aliphatic heterocycles. The van der Waals surface area contributed by atoms with Crippen molar-refractivity contribution in [2.45, 2.75) is 31.9 Å². The second-order valence-electron chi connectivity index (χ2n) is 3.18. The van der Waals surface area contributed by atoms with Gasteiger partial charge in [-0.3, -0.25) is 4.79 Å². The minimum atomic E-state index is -3.01. The van der Waals surface area contributed by atoms with Crippen LogP contribution >= 0.6 is 0 Å². The molecule has 0 aromatic carbocycles. The van der Waals surface area contributed by atoms with Gasteiger partial charge in [0.1, 0.15) is 6.17 Å². The number of alkyl halides is 3. The van der Waals surface area contributed by atoms with Crippen molar-refractivity contribution in [3.05, 3.63) is 0 Å². The van der Waals surface area contributed by atoms with Gasteiger partial charge >= 0.3 is 6.43 Å². The molecule has 1 atom stereocenters. The third-order valence-electron chi connectivity index (χ3n) is 2.11. The van der Waals surface area contributed by atoms with Gasteiger partial charge in [0.25, 0.3) is 5.91 Å². The van der Waals surface area contributed by atoms with Gasteiger partial charge in [0.05, 0.1) is 6.54 Å². The second kappa shape index (κ2) is 4.48. The van der Waals surface area contributed by atoms with E-state index in [2.05, 4.69) is 0 Å². The van der Waals surface area contributed by atoms with Gasteiger partial charge in [-0.1, -0.05) is 0 Å². The zero-order chi connectivity index (χ0) is 9.84. The molecule has 0 aliphatic carbocycles.